The van der Waals surface area contributed by atoms with Crippen LogP contribution in [0.1, 0.15) is 31.7 Å². The van der Waals surface area contributed by atoms with E-state index in [-0.39, 0.29) is 12.5 Å². The van der Waals surface area contributed by atoms with E-state index in [1.807, 2.05) is 35.2 Å². The SMILES string of the molecule is CC(O)CN(CC(=O)N1CCc2cc(S(=O)(=O)N3CCCCC3)ccc21)c1ccccc1. The first-order valence-corrected chi connectivity index (χ1v) is 12.7. The van der Waals surface area contributed by atoms with Gasteiger partial charge in [0.2, 0.25) is 15.9 Å². The number of aliphatic hydroxyl groups excluding tert-OH is 1. The lowest BCUT2D eigenvalue weighted by molar-refractivity contribution is -0.117. The van der Waals surface area contributed by atoms with E-state index in [2.05, 4.69) is 0 Å². The third-order valence-corrected chi connectivity index (χ3v) is 8.03. The molecule has 1 atom stereocenters. The molecule has 0 spiro atoms. The molecule has 0 aromatic heterocycles. The molecule has 2 heterocycles. The molecule has 0 aliphatic carbocycles. The number of benzene rings is 2. The fraction of sp³-hybridized carbons (Fsp3) is 0.458. The number of hydrogen-bond donors (Lipinski definition) is 1. The number of aliphatic hydroxyl groups is 1. The fourth-order valence-electron chi connectivity index (χ4n) is 4.52. The van der Waals surface area contributed by atoms with E-state index in [0.717, 1.165) is 36.2 Å². The molecule has 0 radical (unpaired) electrons. The lowest BCUT2D eigenvalue weighted by atomic mass is 10.2. The Kier molecular flexibility index (Phi) is 6.83. The van der Waals surface area contributed by atoms with E-state index >= 15 is 0 Å². The number of carbonyl (C=O) groups is 1. The van der Waals surface area contributed by atoms with Gasteiger partial charge in [-0.2, -0.15) is 4.31 Å². The van der Waals surface area contributed by atoms with Gasteiger partial charge in [0.1, 0.15) is 0 Å². The molecule has 0 bridgehead atoms. The van der Waals surface area contributed by atoms with E-state index in [1.165, 1.54) is 0 Å². The zero-order valence-corrected chi connectivity index (χ0v) is 19.3. The summed E-state index contributed by atoms with van der Waals surface area (Å²) in [5.41, 5.74) is 2.54. The van der Waals surface area contributed by atoms with Gasteiger partial charge >= 0.3 is 0 Å². The van der Waals surface area contributed by atoms with Crippen molar-refractivity contribution in [3.8, 4) is 0 Å². The van der Waals surface area contributed by atoms with Crippen molar-refractivity contribution in [1.82, 2.24) is 4.31 Å². The van der Waals surface area contributed by atoms with Gasteiger partial charge in [-0.25, -0.2) is 8.42 Å². The lowest BCUT2D eigenvalue weighted by Gasteiger charge is -2.28. The topological polar surface area (TPSA) is 81.2 Å². The van der Waals surface area contributed by atoms with Crippen LogP contribution in [0.25, 0.3) is 0 Å². The molecule has 1 unspecified atom stereocenters. The zero-order chi connectivity index (χ0) is 22.7. The van der Waals surface area contributed by atoms with Gasteiger partial charge in [-0.15, -0.1) is 0 Å². The molecule has 0 saturated carbocycles. The Hall–Kier alpha value is -2.42. The average molecular weight is 458 g/mol. The van der Waals surface area contributed by atoms with Crippen LogP contribution in [0.5, 0.6) is 0 Å². The van der Waals surface area contributed by atoms with Gasteiger partial charge in [0.25, 0.3) is 0 Å². The quantitative estimate of drug-likeness (QED) is 0.691. The molecule has 8 heteroatoms. The van der Waals surface area contributed by atoms with Crippen molar-refractivity contribution in [1.29, 1.82) is 0 Å². The summed E-state index contributed by atoms with van der Waals surface area (Å²) in [6.07, 6.45) is 2.93. The molecule has 1 amide bonds. The van der Waals surface area contributed by atoms with Crippen molar-refractivity contribution in [3.63, 3.8) is 0 Å². The average Bonchev–Trinajstić information content (AvgIpc) is 3.23. The number of amides is 1. The van der Waals surface area contributed by atoms with Gasteiger partial charge in [-0.3, -0.25) is 4.79 Å². The highest BCUT2D eigenvalue weighted by atomic mass is 32.2. The van der Waals surface area contributed by atoms with Crippen LogP contribution in [0, 0.1) is 0 Å². The summed E-state index contributed by atoms with van der Waals surface area (Å²) in [5.74, 6) is -0.0695. The van der Waals surface area contributed by atoms with Gasteiger partial charge in [0.15, 0.2) is 0 Å². The van der Waals surface area contributed by atoms with Crippen LogP contribution in [-0.4, -0.2) is 62.6 Å². The highest BCUT2D eigenvalue weighted by Crippen LogP contribution is 2.32. The van der Waals surface area contributed by atoms with Gasteiger partial charge in [-0.1, -0.05) is 24.6 Å². The van der Waals surface area contributed by atoms with E-state index in [0.29, 0.717) is 37.5 Å². The minimum Gasteiger partial charge on any atom is -0.392 e. The number of hydrogen-bond acceptors (Lipinski definition) is 5. The van der Waals surface area contributed by atoms with Crippen molar-refractivity contribution in [2.45, 2.75) is 43.6 Å². The zero-order valence-electron chi connectivity index (χ0n) is 18.5. The molecular weight excluding hydrogens is 426 g/mol. The maximum absolute atomic E-state index is 13.2. The van der Waals surface area contributed by atoms with Crippen molar-refractivity contribution < 1.29 is 18.3 Å². The maximum atomic E-state index is 13.2. The number of carbonyl (C=O) groups excluding carboxylic acids is 1. The monoisotopic (exact) mass is 457 g/mol. The number of nitrogens with zero attached hydrogens (tertiary/aromatic N) is 3. The molecule has 2 aromatic rings. The number of rotatable bonds is 7. The first-order valence-electron chi connectivity index (χ1n) is 11.3. The first-order chi connectivity index (χ1) is 15.4. The summed E-state index contributed by atoms with van der Waals surface area (Å²) >= 11 is 0. The third-order valence-electron chi connectivity index (χ3n) is 6.13. The highest BCUT2D eigenvalue weighted by Gasteiger charge is 2.30. The Balaban J connectivity index is 1.52. The number of para-hydroxylation sites is 1. The number of piperidine rings is 1. The Morgan fingerprint density at radius 3 is 2.47 bits per heavy atom. The van der Waals surface area contributed by atoms with E-state index in [4.69, 9.17) is 0 Å². The number of anilines is 2. The molecule has 32 heavy (non-hydrogen) atoms. The smallest absolute Gasteiger partial charge is 0.246 e. The van der Waals surface area contributed by atoms with Gasteiger partial charge in [-0.05, 0) is 62.1 Å². The van der Waals surface area contributed by atoms with Crippen molar-refractivity contribution in [2.24, 2.45) is 0 Å². The van der Waals surface area contributed by atoms with Crippen LogP contribution >= 0.6 is 0 Å². The minimum absolute atomic E-state index is 0.0695. The molecule has 1 N–H and O–H groups in total. The molecule has 1 saturated heterocycles. The second kappa shape index (κ2) is 9.60. The predicted molar refractivity (Wildman–Crippen MR) is 125 cm³/mol. The van der Waals surface area contributed by atoms with Crippen LogP contribution in [-0.2, 0) is 21.2 Å². The standard InChI is InChI=1S/C24H31N3O4S/c1-19(28)17-25(21-8-4-2-5-9-21)18-24(29)27-15-12-20-16-22(10-11-23(20)27)32(30,31)26-13-6-3-7-14-26/h2,4-5,8-11,16,19,28H,3,6-7,12-15,17-18H2,1H3. The number of fused-ring (bicyclic) bond motifs is 1. The summed E-state index contributed by atoms with van der Waals surface area (Å²) < 4.78 is 27.6. The molecular formula is C24H31N3O4S. The van der Waals surface area contributed by atoms with Crippen molar-refractivity contribution in [3.05, 3.63) is 54.1 Å². The first kappa shape index (κ1) is 22.8. The molecule has 2 aliphatic heterocycles. The Bertz CT molecular complexity index is 1050. The molecule has 172 valence electrons. The summed E-state index contributed by atoms with van der Waals surface area (Å²) in [7, 11) is -3.50. The Labute approximate surface area is 190 Å². The van der Waals surface area contributed by atoms with Crippen LogP contribution in [0.3, 0.4) is 0 Å². The second-order valence-electron chi connectivity index (χ2n) is 8.62. The Morgan fingerprint density at radius 1 is 1.06 bits per heavy atom. The molecule has 7 nitrogen and oxygen atoms in total. The summed E-state index contributed by atoms with van der Waals surface area (Å²) in [5, 5.41) is 9.91. The summed E-state index contributed by atoms with van der Waals surface area (Å²) in [4.78, 5) is 17.1. The normalized spacial score (nSPS) is 17.8. The molecule has 2 aliphatic rings. The number of sulfonamides is 1. The second-order valence-corrected chi connectivity index (χ2v) is 10.6. The van der Waals surface area contributed by atoms with Crippen molar-refractivity contribution in [2.75, 3.05) is 42.5 Å². The van der Waals surface area contributed by atoms with Gasteiger partial charge < -0.3 is 14.9 Å². The van der Waals surface area contributed by atoms with Crippen molar-refractivity contribution >= 4 is 27.3 Å². The summed E-state index contributed by atoms with van der Waals surface area (Å²) in [6.45, 7) is 3.87. The highest BCUT2D eigenvalue weighted by molar-refractivity contribution is 7.89. The summed E-state index contributed by atoms with van der Waals surface area (Å²) in [6, 6.07) is 14.7. The van der Waals surface area contributed by atoms with Crippen LogP contribution in [0.2, 0.25) is 0 Å². The van der Waals surface area contributed by atoms with Crippen LogP contribution in [0.4, 0.5) is 11.4 Å². The van der Waals surface area contributed by atoms with Crippen LogP contribution < -0.4 is 9.80 Å². The maximum Gasteiger partial charge on any atom is 0.246 e. The van der Waals surface area contributed by atoms with E-state index in [9.17, 15) is 18.3 Å². The molecule has 1 fully saturated rings. The van der Waals surface area contributed by atoms with Crippen LogP contribution in [0.15, 0.2) is 53.4 Å². The minimum atomic E-state index is -3.50. The third kappa shape index (κ3) is 4.82. The molecule has 2 aromatic carbocycles. The predicted octanol–water partition coefficient (Wildman–Crippen LogP) is 2.64. The van der Waals surface area contributed by atoms with E-state index in [1.54, 1.807) is 34.3 Å². The fourth-order valence-corrected chi connectivity index (χ4v) is 6.09. The van der Waals surface area contributed by atoms with Gasteiger partial charge in [0, 0.05) is 37.6 Å². The molecule has 4 rings (SSSR count). The largest absolute Gasteiger partial charge is 0.392 e. The van der Waals surface area contributed by atoms with E-state index < -0.39 is 16.1 Å². The lowest BCUT2D eigenvalue weighted by Crippen LogP contribution is -2.42. The Morgan fingerprint density at radius 2 is 1.78 bits per heavy atom. The van der Waals surface area contributed by atoms with Gasteiger partial charge in [0.05, 0.1) is 17.5 Å².